The summed E-state index contributed by atoms with van der Waals surface area (Å²) in [6, 6.07) is 6.81. The van der Waals surface area contributed by atoms with Crippen molar-refractivity contribution in [1.82, 2.24) is 5.16 Å². The average molecular weight is 329 g/mol. The minimum atomic E-state index is -0.351. The predicted octanol–water partition coefficient (Wildman–Crippen LogP) is 1.93. The Morgan fingerprint density at radius 1 is 1.08 bits per heavy atom. The molecule has 1 aliphatic heterocycles. The largest absolute Gasteiger partial charge is 0.454 e. The molecular formula is C16H15N3O5. The van der Waals surface area contributed by atoms with Crippen molar-refractivity contribution in [3.05, 3.63) is 30.0 Å². The van der Waals surface area contributed by atoms with Gasteiger partial charge >= 0.3 is 0 Å². The van der Waals surface area contributed by atoms with E-state index in [9.17, 15) is 9.59 Å². The zero-order valence-electron chi connectivity index (χ0n) is 12.9. The van der Waals surface area contributed by atoms with Crippen LogP contribution in [0.4, 0.5) is 11.5 Å². The summed E-state index contributed by atoms with van der Waals surface area (Å²) in [5.41, 5.74) is 0.613. The smallest absolute Gasteiger partial charge is 0.231 e. The Morgan fingerprint density at radius 2 is 1.83 bits per heavy atom. The van der Waals surface area contributed by atoms with E-state index >= 15 is 0 Å². The third-order valence-corrected chi connectivity index (χ3v) is 3.98. The highest BCUT2D eigenvalue weighted by molar-refractivity contribution is 6.03. The van der Waals surface area contributed by atoms with E-state index in [0.717, 1.165) is 0 Å². The van der Waals surface area contributed by atoms with E-state index in [2.05, 4.69) is 15.8 Å². The van der Waals surface area contributed by atoms with Gasteiger partial charge in [-0.05, 0) is 25.5 Å². The molecule has 1 saturated carbocycles. The van der Waals surface area contributed by atoms with Crippen LogP contribution < -0.4 is 20.1 Å². The van der Waals surface area contributed by atoms with Crippen LogP contribution in [0.3, 0.4) is 0 Å². The van der Waals surface area contributed by atoms with Crippen LogP contribution in [0, 0.1) is 18.8 Å². The van der Waals surface area contributed by atoms with Gasteiger partial charge in [-0.2, -0.15) is 0 Å². The Bertz CT molecular complexity index is 816. The van der Waals surface area contributed by atoms with Gasteiger partial charge in [-0.1, -0.05) is 5.16 Å². The fraction of sp³-hybridized carbons (Fsp3) is 0.312. The van der Waals surface area contributed by atoms with E-state index in [-0.39, 0.29) is 30.4 Å². The minimum Gasteiger partial charge on any atom is -0.454 e. The number of hydrogen-bond donors (Lipinski definition) is 2. The molecule has 0 bridgehead atoms. The highest BCUT2D eigenvalue weighted by Gasteiger charge is 2.48. The molecular weight excluding hydrogens is 314 g/mol. The molecule has 2 amide bonds. The highest BCUT2D eigenvalue weighted by Crippen LogP contribution is 2.41. The third-order valence-electron chi connectivity index (χ3n) is 3.98. The Labute approximate surface area is 137 Å². The van der Waals surface area contributed by atoms with Crippen LogP contribution in [0.15, 0.2) is 28.8 Å². The first kappa shape index (κ1) is 14.6. The molecule has 124 valence electrons. The molecule has 1 aromatic carbocycles. The number of aromatic nitrogens is 1. The number of nitrogens with one attached hydrogen (secondary N) is 2. The number of ether oxygens (including phenoxy) is 2. The van der Waals surface area contributed by atoms with Gasteiger partial charge in [-0.3, -0.25) is 9.59 Å². The van der Waals surface area contributed by atoms with Gasteiger partial charge in [0.2, 0.25) is 18.6 Å². The van der Waals surface area contributed by atoms with Crippen molar-refractivity contribution in [2.24, 2.45) is 11.8 Å². The summed E-state index contributed by atoms with van der Waals surface area (Å²) in [5.74, 6) is 1.11. The van der Waals surface area contributed by atoms with Crippen molar-refractivity contribution < 1.29 is 23.6 Å². The molecule has 1 aromatic heterocycles. The summed E-state index contributed by atoms with van der Waals surface area (Å²) in [7, 11) is 0. The molecule has 1 aliphatic carbocycles. The Hall–Kier alpha value is -3.03. The predicted molar refractivity (Wildman–Crippen MR) is 82.7 cm³/mol. The maximum Gasteiger partial charge on any atom is 0.231 e. The van der Waals surface area contributed by atoms with Crippen LogP contribution in [-0.2, 0) is 9.59 Å². The number of hydrogen-bond acceptors (Lipinski definition) is 6. The van der Waals surface area contributed by atoms with Gasteiger partial charge in [-0.15, -0.1) is 0 Å². The molecule has 2 aliphatic rings. The zero-order chi connectivity index (χ0) is 16.7. The molecule has 2 N–H and O–H groups in total. The van der Waals surface area contributed by atoms with Crippen LogP contribution in [0.5, 0.6) is 11.5 Å². The van der Waals surface area contributed by atoms with Gasteiger partial charge in [0.05, 0.1) is 11.8 Å². The van der Waals surface area contributed by atoms with Crippen LogP contribution in [-0.4, -0.2) is 23.8 Å². The van der Waals surface area contributed by atoms with E-state index in [0.29, 0.717) is 35.2 Å². The molecule has 2 atom stereocenters. The topological polar surface area (TPSA) is 103 Å². The number of carbonyl (C=O) groups is 2. The van der Waals surface area contributed by atoms with Gasteiger partial charge in [0, 0.05) is 17.8 Å². The monoisotopic (exact) mass is 329 g/mol. The van der Waals surface area contributed by atoms with E-state index < -0.39 is 0 Å². The lowest BCUT2D eigenvalue weighted by molar-refractivity contribution is -0.122. The first-order valence-electron chi connectivity index (χ1n) is 7.55. The Morgan fingerprint density at radius 3 is 2.58 bits per heavy atom. The first-order valence-corrected chi connectivity index (χ1v) is 7.55. The summed E-state index contributed by atoms with van der Waals surface area (Å²) < 4.78 is 15.4. The van der Waals surface area contributed by atoms with Crippen molar-refractivity contribution in [2.45, 2.75) is 13.3 Å². The maximum absolute atomic E-state index is 12.2. The summed E-state index contributed by atoms with van der Waals surface area (Å²) in [5, 5.41) is 9.15. The van der Waals surface area contributed by atoms with E-state index in [1.807, 2.05) is 0 Å². The molecule has 2 aromatic rings. The first-order chi connectivity index (χ1) is 11.6. The van der Waals surface area contributed by atoms with E-state index in [1.54, 1.807) is 31.2 Å². The average Bonchev–Trinajstić information content (AvgIpc) is 3.07. The lowest BCUT2D eigenvalue weighted by Crippen LogP contribution is -2.20. The Balaban J connectivity index is 1.34. The summed E-state index contributed by atoms with van der Waals surface area (Å²) in [6.45, 7) is 1.92. The molecule has 4 rings (SSSR count). The molecule has 8 heteroatoms. The van der Waals surface area contributed by atoms with Gasteiger partial charge in [0.1, 0.15) is 5.76 Å². The molecule has 1 fully saturated rings. The second kappa shape index (κ2) is 5.55. The van der Waals surface area contributed by atoms with Gasteiger partial charge in [0.15, 0.2) is 17.3 Å². The summed E-state index contributed by atoms with van der Waals surface area (Å²) in [4.78, 5) is 24.3. The van der Waals surface area contributed by atoms with Crippen molar-refractivity contribution in [1.29, 1.82) is 0 Å². The Kier molecular flexibility index (Phi) is 3.37. The number of amides is 2. The molecule has 2 unspecified atom stereocenters. The standard InChI is InChI=1S/C16H15N3O5/c1-8-4-14(19-24-8)18-16(21)11-6-10(11)15(20)17-9-2-3-12-13(5-9)23-7-22-12/h2-5,10-11H,6-7H2,1H3,(H,17,20)(H,18,19,21). The fourth-order valence-electron chi connectivity index (χ4n) is 2.63. The second-order valence-electron chi connectivity index (χ2n) is 5.82. The summed E-state index contributed by atoms with van der Waals surface area (Å²) in [6.07, 6.45) is 0.513. The van der Waals surface area contributed by atoms with E-state index in [1.165, 1.54) is 0 Å². The maximum atomic E-state index is 12.2. The van der Waals surface area contributed by atoms with Gasteiger partial charge < -0.3 is 24.6 Å². The zero-order valence-corrected chi connectivity index (χ0v) is 12.9. The second-order valence-corrected chi connectivity index (χ2v) is 5.82. The third kappa shape index (κ3) is 2.78. The highest BCUT2D eigenvalue weighted by atomic mass is 16.7. The quantitative estimate of drug-likeness (QED) is 0.888. The number of rotatable bonds is 4. The fourth-order valence-corrected chi connectivity index (χ4v) is 2.63. The van der Waals surface area contributed by atoms with Gasteiger partial charge in [0.25, 0.3) is 0 Å². The van der Waals surface area contributed by atoms with Crippen molar-refractivity contribution in [3.8, 4) is 11.5 Å². The molecule has 2 heterocycles. The number of nitrogens with zero attached hydrogens (tertiary/aromatic N) is 1. The van der Waals surface area contributed by atoms with Crippen LogP contribution >= 0.6 is 0 Å². The molecule has 8 nitrogen and oxygen atoms in total. The van der Waals surface area contributed by atoms with E-state index in [4.69, 9.17) is 14.0 Å². The van der Waals surface area contributed by atoms with Crippen molar-refractivity contribution >= 4 is 23.3 Å². The van der Waals surface area contributed by atoms with Crippen LogP contribution in [0.1, 0.15) is 12.2 Å². The van der Waals surface area contributed by atoms with Crippen LogP contribution in [0.25, 0.3) is 0 Å². The molecule has 0 saturated heterocycles. The number of fused-ring (bicyclic) bond motifs is 1. The van der Waals surface area contributed by atoms with Crippen molar-refractivity contribution in [2.75, 3.05) is 17.4 Å². The van der Waals surface area contributed by atoms with Crippen molar-refractivity contribution in [3.63, 3.8) is 0 Å². The number of benzene rings is 1. The van der Waals surface area contributed by atoms with Gasteiger partial charge in [-0.25, -0.2) is 0 Å². The van der Waals surface area contributed by atoms with Crippen LogP contribution in [0.2, 0.25) is 0 Å². The molecule has 0 radical (unpaired) electrons. The molecule has 24 heavy (non-hydrogen) atoms. The normalized spacial score (nSPS) is 20.5. The number of anilines is 2. The minimum absolute atomic E-state index is 0.180. The number of aryl methyl sites for hydroxylation is 1. The molecule has 0 spiro atoms. The SMILES string of the molecule is Cc1cc(NC(=O)C2CC2C(=O)Nc2ccc3c(c2)OCO3)no1. The number of carbonyl (C=O) groups excluding carboxylic acids is 2. The lowest BCUT2D eigenvalue weighted by atomic mass is 10.2. The summed E-state index contributed by atoms with van der Waals surface area (Å²) >= 11 is 0. The lowest BCUT2D eigenvalue weighted by Gasteiger charge is -2.06.